The number of benzene rings is 1. The van der Waals surface area contributed by atoms with Crippen molar-refractivity contribution >= 4 is 35.2 Å². The Balaban J connectivity index is 2.21. The van der Waals surface area contributed by atoms with Gasteiger partial charge in [-0.25, -0.2) is 0 Å². The fraction of sp³-hybridized carbons (Fsp3) is 0.353. The van der Waals surface area contributed by atoms with Crippen LogP contribution in [-0.4, -0.2) is 24.2 Å². The van der Waals surface area contributed by atoms with E-state index in [1.165, 1.54) is 0 Å². The van der Waals surface area contributed by atoms with Gasteiger partial charge < -0.3 is 10.1 Å². The molecule has 2 rings (SSSR count). The topological polar surface area (TPSA) is 79.2 Å². The highest BCUT2D eigenvalue weighted by Gasteiger charge is 2.30. The minimum Gasteiger partial charge on any atom is -0.465 e. The van der Waals surface area contributed by atoms with Gasteiger partial charge in [-0.3, -0.25) is 9.59 Å². The summed E-state index contributed by atoms with van der Waals surface area (Å²) in [6.45, 7) is 2.27. The zero-order chi connectivity index (χ0) is 17.5. The van der Waals surface area contributed by atoms with Crippen molar-refractivity contribution in [1.29, 1.82) is 5.26 Å². The SMILES string of the molecule is CCCOC(=O)CSC1=C(C#N)[C@@H](c2cccc(Cl)c2)CC(=O)N1. The zero-order valence-electron chi connectivity index (χ0n) is 13.2. The molecule has 0 bridgehead atoms. The summed E-state index contributed by atoms with van der Waals surface area (Å²) in [5.74, 6) is -0.881. The van der Waals surface area contributed by atoms with E-state index in [9.17, 15) is 14.9 Å². The smallest absolute Gasteiger partial charge is 0.316 e. The van der Waals surface area contributed by atoms with E-state index in [1.807, 2.05) is 13.0 Å². The molecule has 0 aromatic heterocycles. The number of nitriles is 1. The number of ether oxygens (including phenoxy) is 1. The van der Waals surface area contributed by atoms with Gasteiger partial charge in [-0.15, -0.1) is 0 Å². The summed E-state index contributed by atoms with van der Waals surface area (Å²) >= 11 is 7.13. The maximum absolute atomic E-state index is 12.0. The van der Waals surface area contributed by atoms with Gasteiger partial charge in [0, 0.05) is 17.4 Å². The summed E-state index contributed by atoms with van der Waals surface area (Å²) in [7, 11) is 0. The number of rotatable bonds is 6. The second-order valence-electron chi connectivity index (χ2n) is 5.22. The average molecular weight is 365 g/mol. The van der Waals surface area contributed by atoms with Crippen LogP contribution in [0.5, 0.6) is 0 Å². The lowest BCUT2D eigenvalue weighted by molar-refractivity contribution is -0.140. The number of halogens is 1. The van der Waals surface area contributed by atoms with Crippen LogP contribution in [-0.2, 0) is 14.3 Å². The Bertz CT molecular complexity index is 712. The molecule has 7 heteroatoms. The van der Waals surface area contributed by atoms with Crippen molar-refractivity contribution < 1.29 is 14.3 Å². The molecule has 0 radical (unpaired) electrons. The van der Waals surface area contributed by atoms with E-state index in [-0.39, 0.29) is 30.0 Å². The van der Waals surface area contributed by atoms with Crippen molar-refractivity contribution in [2.75, 3.05) is 12.4 Å². The van der Waals surface area contributed by atoms with Crippen LogP contribution in [0.25, 0.3) is 0 Å². The first kappa shape index (κ1) is 18.4. The number of thioether (sulfide) groups is 1. The molecule has 1 aliphatic rings. The van der Waals surface area contributed by atoms with Crippen molar-refractivity contribution in [1.82, 2.24) is 5.32 Å². The molecule has 0 unspecified atom stereocenters. The molecule has 0 saturated heterocycles. The Hall–Kier alpha value is -1.97. The van der Waals surface area contributed by atoms with Crippen LogP contribution in [0.3, 0.4) is 0 Å². The van der Waals surface area contributed by atoms with E-state index < -0.39 is 0 Å². The predicted octanol–water partition coefficient (Wildman–Crippen LogP) is 3.37. The third-order valence-electron chi connectivity index (χ3n) is 3.41. The highest BCUT2D eigenvalue weighted by atomic mass is 35.5. The molecule has 0 aliphatic carbocycles. The van der Waals surface area contributed by atoms with Crippen molar-refractivity contribution in [3.8, 4) is 6.07 Å². The number of amides is 1. The van der Waals surface area contributed by atoms with Crippen LogP contribution >= 0.6 is 23.4 Å². The molecule has 1 aliphatic heterocycles. The lowest BCUT2D eigenvalue weighted by Gasteiger charge is -2.25. The predicted molar refractivity (Wildman–Crippen MR) is 93.3 cm³/mol. The highest BCUT2D eigenvalue weighted by molar-refractivity contribution is 8.03. The number of hydrogen-bond acceptors (Lipinski definition) is 5. The van der Waals surface area contributed by atoms with Crippen LogP contribution in [0.4, 0.5) is 0 Å². The van der Waals surface area contributed by atoms with E-state index in [2.05, 4.69) is 11.4 Å². The van der Waals surface area contributed by atoms with Crippen molar-refractivity contribution in [2.45, 2.75) is 25.7 Å². The molecule has 0 saturated carbocycles. The van der Waals surface area contributed by atoms with Gasteiger partial charge in [-0.2, -0.15) is 5.26 Å². The maximum atomic E-state index is 12.0. The number of carbonyl (C=O) groups is 2. The minimum atomic E-state index is -0.370. The van der Waals surface area contributed by atoms with Crippen molar-refractivity contribution in [2.24, 2.45) is 0 Å². The van der Waals surface area contributed by atoms with Gasteiger partial charge in [0.05, 0.1) is 29.0 Å². The first-order chi connectivity index (χ1) is 11.5. The summed E-state index contributed by atoms with van der Waals surface area (Å²) in [6, 6.07) is 9.27. The maximum Gasteiger partial charge on any atom is 0.316 e. The molecule has 126 valence electrons. The van der Waals surface area contributed by atoms with Crippen LogP contribution < -0.4 is 5.32 Å². The van der Waals surface area contributed by atoms with Gasteiger partial charge in [0.15, 0.2) is 0 Å². The second kappa shape index (κ2) is 8.76. The van der Waals surface area contributed by atoms with E-state index in [0.717, 1.165) is 23.7 Å². The zero-order valence-corrected chi connectivity index (χ0v) is 14.7. The fourth-order valence-corrected chi connectivity index (χ4v) is 3.40. The van der Waals surface area contributed by atoms with E-state index in [1.54, 1.807) is 18.2 Å². The molecule has 1 aromatic rings. The first-order valence-electron chi connectivity index (χ1n) is 7.53. The Morgan fingerprint density at radius 3 is 3.00 bits per heavy atom. The standard InChI is InChI=1S/C17H17ClN2O3S/c1-2-6-23-16(22)10-24-17-14(9-19)13(8-15(21)20-17)11-4-3-5-12(18)7-11/h3-5,7,13H,2,6,8,10H2,1H3,(H,20,21)/t13-/m1/s1. The van der Waals surface area contributed by atoms with E-state index in [0.29, 0.717) is 22.2 Å². The molecule has 1 N–H and O–H groups in total. The number of nitrogens with zero attached hydrogens (tertiary/aromatic N) is 1. The third-order valence-corrected chi connectivity index (χ3v) is 4.63. The second-order valence-corrected chi connectivity index (χ2v) is 6.65. The molecule has 5 nitrogen and oxygen atoms in total. The molecule has 1 amide bonds. The normalized spacial score (nSPS) is 17.2. The van der Waals surface area contributed by atoms with Gasteiger partial charge in [0.2, 0.25) is 5.91 Å². The molecule has 0 spiro atoms. The highest BCUT2D eigenvalue weighted by Crippen LogP contribution is 2.36. The number of allylic oxidation sites excluding steroid dienone is 1. The molecular weight excluding hydrogens is 348 g/mol. The van der Waals surface area contributed by atoms with E-state index >= 15 is 0 Å². The number of hydrogen-bond donors (Lipinski definition) is 1. The average Bonchev–Trinajstić information content (AvgIpc) is 2.57. The van der Waals surface area contributed by atoms with Crippen LogP contribution in [0.2, 0.25) is 5.02 Å². The summed E-state index contributed by atoms with van der Waals surface area (Å²) in [5, 5.41) is 13.2. The summed E-state index contributed by atoms with van der Waals surface area (Å²) < 4.78 is 5.01. The number of esters is 1. The van der Waals surface area contributed by atoms with Crippen LogP contribution in [0.15, 0.2) is 34.9 Å². The third kappa shape index (κ3) is 4.76. The van der Waals surface area contributed by atoms with Crippen molar-refractivity contribution in [3.63, 3.8) is 0 Å². The molecule has 1 heterocycles. The molecule has 1 aromatic carbocycles. The Labute approximate surface area is 150 Å². The fourth-order valence-electron chi connectivity index (χ4n) is 2.33. The van der Waals surface area contributed by atoms with Crippen LogP contribution in [0.1, 0.15) is 31.2 Å². The quantitative estimate of drug-likeness (QED) is 0.783. The molecular formula is C17H17ClN2O3S. The Morgan fingerprint density at radius 2 is 2.33 bits per heavy atom. The molecule has 24 heavy (non-hydrogen) atoms. The van der Waals surface area contributed by atoms with Gasteiger partial charge in [-0.05, 0) is 24.1 Å². The number of nitrogens with one attached hydrogen (secondary N) is 1. The summed E-state index contributed by atoms with van der Waals surface area (Å²) in [6.07, 6.45) is 0.920. The van der Waals surface area contributed by atoms with Gasteiger partial charge in [0.1, 0.15) is 0 Å². The van der Waals surface area contributed by atoms with Gasteiger partial charge >= 0.3 is 5.97 Å². The van der Waals surface area contributed by atoms with E-state index in [4.69, 9.17) is 16.3 Å². The number of carbonyl (C=O) groups excluding carboxylic acids is 2. The largest absolute Gasteiger partial charge is 0.465 e. The Morgan fingerprint density at radius 1 is 1.54 bits per heavy atom. The monoisotopic (exact) mass is 364 g/mol. The molecule has 1 atom stereocenters. The Kier molecular flexibility index (Phi) is 6.71. The first-order valence-corrected chi connectivity index (χ1v) is 8.89. The lowest BCUT2D eigenvalue weighted by atomic mass is 9.87. The molecule has 0 fully saturated rings. The minimum absolute atomic E-state index is 0.0447. The summed E-state index contributed by atoms with van der Waals surface area (Å²) in [5.41, 5.74) is 1.24. The van der Waals surface area contributed by atoms with Crippen molar-refractivity contribution in [3.05, 3.63) is 45.5 Å². The lowest BCUT2D eigenvalue weighted by Crippen LogP contribution is -2.31. The van der Waals surface area contributed by atoms with Crippen LogP contribution in [0, 0.1) is 11.3 Å². The summed E-state index contributed by atoms with van der Waals surface area (Å²) in [4.78, 5) is 23.6. The van der Waals surface area contributed by atoms with Gasteiger partial charge in [0.25, 0.3) is 0 Å². The van der Waals surface area contributed by atoms with Gasteiger partial charge in [-0.1, -0.05) is 42.4 Å².